The van der Waals surface area contributed by atoms with Crippen molar-refractivity contribution in [1.29, 1.82) is 0 Å². The van der Waals surface area contributed by atoms with E-state index in [1.165, 1.54) is 12.5 Å². The molecule has 4 nitrogen and oxygen atoms in total. The molecule has 5 heteroatoms. The molecule has 0 aliphatic carbocycles. The summed E-state index contributed by atoms with van der Waals surface area (Å²) in [5.41, 5.74) is -0.319. The summed E-state index contributed by atoms with van der Waals surface area (Å²) in [7, 11) is 0. The van der Waals surface area contributed by atoms with Gasteiger partial charge in [-0.1, -0.05) is 11.6 Å². The Morgan fingerprint density at radius 2 is 2.00 bits per heavy atom. The Bertz CT molecular complexity index is 507. The molecule has 0 aliphatic rings. The first-order valence-corrected chi connectivity index (χ1v) is 4.59. The number of ether oxygens (including phenoxy) is 1. The van der Waals surface area contributed by atoms with Crippen LogP contribution in [0.2, 0.25) is 5.02 Å². The van der Waals surface area contributed by atoms with Gasteiger partial charge in [0.05, 0.1) is 12.5 Å². The third-order valence-corrected chi connectivity index (χ3v) is 1.98. The van der Waals surface area contributed by atoms with Crippen LogP contribution in [-0.2, 0) is 0 Å². The number of H-pyrrole nitrogens is 1. The summed E-state index contributed by atoms with van der Waals surface area (Å²) < 4.78 is 5.30. The molecule has 0 saturated heterocycles. The van der Waals surface area contributed by atoms with Gasteiger partial charge in [0.25, 0.3) is 5.56 Å². The number of hydrogen-bond acceptors (Lipinski definition) is 3. The van der Waals surface area contributed by atoms with Crippen molar-refractivity contribution in [1.82, 2.24) is 9.97 Å². The number of aromatic nitrogens is 2. The highest BCUT2D eigenvalue weighted by atomic mass is 35.5. The van der Waals surface area contributed by atoms with Gasteiger partial charge in [0.1, 0.15) is 5.75 Å². The van der Waals surface area contributed by atoms with Gasteiger partial charge in [-0.2, -0.15) is 0 Å². The molecule has 0 fully saturated rings. The van der Waals surface area contributed by atoms with E-state index in [1.807, 2.05) is 0 Å². The summed E-state index contributed by atoms with van der Waals surface area (Å²) >= 11 is 5.71. The second kappa shape index (κ2) is 4.14. The first kappa shape index (κ1) is 9.73. The standard InChI is InChI=1S/C10H7ClN2O2/c11-7-1-3-8(4-2-7)15-9-5-12-6-13-10(9)14/h1-6H,(H,12,13,14). The minimum atomic E-state index is -0.319. The lowest BCUT2D eigenvalue weighted by atomic mass is 10.3. The van der Waals surface area contributed by atoms with Crippen LogP contribution in [0.4, 0.5) is 0 Å². The summed E-state index contributed by atoms with van der Waals surface area (Å²) in [5.74, 6) is 0.692. The summed E-state index contributed by atoms with van der Waals surface area (Å²) in [6.07, 6.45) is 2.66. The number of nitrogens with one attached hydrogen (secondary N) is 1. The van der Waals surface area contributed by atoms with Crippen molar-refractivity contribution < 1.29 is 4.74 Å². The first-order chi connectivity index (χ1) is 7.25. The maximum atomic E-state index is 11.2. The van der Waals surface area contributed by atoms with Crippen molar-refractivity contribution in [3.05, 3.63) is 52.2 Å². The monoisotopic (exact) mass is 222 g/mol. The van der Waals surface area contributed by atoms with Crippen LogP contribution < -0.4 is 10.3 Å². The fourth-order valence-electron chi connectivity index (χ4n) is 1.03. The second-order valence-corrected chi connectivity index (χ2v) is 3.24. The van der Waals surface area contributed by atoms with Gasteiger partial charge in [0.2, 0.25) is 5.75 Å². The van der Waals surface area contributed by atoms with Crippen molar-refractivity contribution in [2.24, 2.45) is 0 Å². The van der Waals surface area contributed by atoms with Gasteiger partial charge >= 0.3 is 0 Å². The predicted octanol–water partition coefficient (Wildman–Crippen LogP) is 2.22. The van der Waals surface area contributed by atoms with Crippen LogP contribution in [0.1, 0.15) is 0 Å². The number of hydrogen-bond donors (Lipinski definition) is 1. The average molecular weight is 223 g/mol. The molecule has 2 aromatic rings. The zero-order chi connectivity index (χ0) is 10.7. The molecule has 0 bridgehead atoms. The fourth-order valence-corrected chi connectivity index (χ4v) is 1.16. The molecular weight excluding hydrogens is 216 g/mol. The fraction of sp³-hybridized carbons (Fsp3) is 0. The smallest absolute Gasteiger partial charge is 0.293 e. The van der Waals surface area contributed by atoms with E-state index in [2.05, 4.69) is 9.97 Å². The van der Waals surface area contributed by atoms with Gasteiger partial charge in [-0.25, -0.2) is 4.98 Å². The van der Waals surface area contributed by atoms with E-state index in [-0.39, 0.29) is 11.3 Å². The maximum absolute atomic E-state index is 11.2. The molecule has 0 unspecified atom stereocenters. The second-order valence-electron chi connectivity index (χ2n) is 2.80. The molecule has 1 aromatic heterocycles. The Morgan fingerprint density at radius 1 is 1.27 bits per heavy atom. The number of halogens is 1. The van der Waals surface area contributed by atoms with Gasteiger partial charge in [0, 0.05) is 5.02 Å². The minimum absolute atomic E-state index is 0.153. The third kappa shape index (κ3) is 2.35. The van der Waals surface area contributed by atoms with Crippen LogP contribution in [0.5, 0.6) is 11.5 Å². The lowest BCUT2D eigenvalue weighted by Gasteiger charge is -2.02. The number of rotatable bonds is 2. The Hall–Kier alpha value is -1.81. The van der Waals surface area contributed by atoms with Crippen LogP contribution in [-0.4, -0.2) is 9.97 Å². The quantitative estimate of drug-likeness (QED) is 0.848. The molecule has 1 aromatic carbocycles. The van der Waals surface area contributed by atoms with Gasteiger partial charge in [-0.3, -0.25) is 4.79 Å². The van der Waals surface area contributed by atoms with Gasteiger partial charge < -0.3 is 9.72 Å². The molecule has 0 saturated carbocycles. The molecule has 0 spiro atoms. The number of aromatic amines is 1. The summed E-state index contributed by atoms with van der Waals surface area (Å²) in [6.45, 7) is 0. The summed E-state index contributed by atoms with van der Waals surface area (Å²) in [5, 5.41) is 0.613. The topological polar surface area (TPSA) is 55.0 Å². The SMILES string of the molecule is O=c1[nH]cncc1Oc1ccc(Cl)cc1. The van der Waals surface area contributed by atoms with E-state index in [0.29, 0.717) is 10.8 Å². The predicted molar refractivity (Wildman–Crippen MR) is 56.4 cm³/mol. The van der Waals surface area contributed by atoms with Crippen molar-refractivity contribution in [2.75, 3.05) is 0 Å². The molecule has 76 valence electrons. The van der Waals surface area contributed by atoms with Crippen LogP contribution in [0.3, 0.4) is 0 Å². The number of benzene rings is 1. The lowest BCUT2D eigenvalue weighted by Crippen LogP contribution is -2.07. The molecule has 1 N–H and O–H groups in total. The highest BCUT2D eigenvalue weighted by molar-refractivity contribution is 6.30. The molecular formula is C10H7ClN2O2. The molecule has 0 amide bonds. The van der Waals surface area contributed by atoms with E-state index in [1.54, 1.807) is 24.3 Å². The van der Waals surface area contributed by atoms with Crippen molar-refractivity contribution in [2.45, 2.75) is 0 Å². The lowest BCUT2D eigenvalue weighted by molar-refractivity contribution is 0.472. The number of nitrogens with zero attached hydrogens (tertiary/aromatic N) is 1. The highest BCUT2D eigenvalue weighted by Gasteiger charge is 2.01. The molecule has 0 radical (unpaired) electrons. The van der Waals surface area contributed by atoms with Crippen molar-refractivity contribution >= 4 is 11.6 Å². The summed E-state index contributed by atoms with van der Waals surface area (Å²) in [4.78, 5) is 17.4. The van der Waals surface area contributed by atoms with E-state index in [4.69, 9.17) is 16.3 Å². The van der Waals surface area contributed by atoms with Crippen molar-refractivity contribution in [3.8, 4) is 11.5 Å². The molecule has 0 atom stereocenters. The Labute approximate surface area is 90.5 Å². The molecule has 15 heavy (non-hydrogen) atoms. The average Bonchev–Trinajstić information content (AvgIpc) is 2.25. The summed E-state index contributed by atoms with van der Waals surface area (Å²) in [6, 6.07) is 6.71. The minimum Gasteiger partial charge on any atom is -0.450 e. The Kier molecular flexibility index (Phi) is 2.69. The van der Waals surface area contributed by atoms with Crippen LogP contribution in [0.25, 0.3) is 0 Å². The van der Waals surface area contributed by atoms with Gasteiger partial charge in [-0.15, -0.1) is 0 Å². The first-order valence-electron chi connectivity index (χ1n) is 4.22. The maximum Gasteiger partial charge on any atom is 0.293 e. The van der Waals surface area contributed by atoms with E-state index < -0.39 is 0 Å². The highest BCUT2D eigenvalue weighted by Crippen LogP contribution is 2.19. The van der Waals surface area contributed by atoms with E-state index in [0.717, 1.165) is 0 Å². The molecule has 2 rings (SSSR count). The van der Waals surface area contributed by atoms with Crippen molar-refractivity contribution in [3.63, 3.8) is 0 Å². The normalized spacial score (nSPS) is 9.93. The Balaban J connectivity index is 2.26. The van der Waals surface area contributed by atoms with Crippen LogP contribution >= 0.6 is 11.6 Å². The van der Waals surface area contributed by atoms with E-state index in [9.17, 15) is 4.79 Å². The van der Waals surface area contributed by atoms with Crippen LogP contribution in [0, 0.1) is 0 Å². The molecule has 0 aliphatic heterocycles. The third-order valence-electron chi connectivity index (χ3n) is 1.73. The largest absolute Gasteiger partial charge is 0.450 e. The van der Waals surface area contributed by atoms with Gasteiger partial charge in [-0.05, 0) is 24.3 Å². The molecule has 1 heterocycles. The van der Waals surface area contributed by atoms with Gasteiger partial charge in [0.15, 0.2) is 0 Å². The van der Waals surface area contributed by atoms with E-state index >= 15 is 0 Å². The van der Waals surface area contributed by atoms with Crippen LogP contribution in [0.15, 0.2) is 41.6 Å². The zero-order valence-electron chi connectivity index (χ0n) is 7.61. The zero-order valence-corrected chi connectivity index (χ0v) is 8.36. The Morgan fingerprint density at radius 3 is 2.67 bits per heavy atom.